The van der Waals surface area contributed by atoms with Crippen LogP contribution < -0.4 is 5.32 Å². The van der Waals surface area contributed by atoms with Gasteiger partial charge in [0.05, 0.1) is 12.7 Å². The van der Waals surface area contributed by atoms with Gasteiger partial charge in [-0.05, 0) is 37.8 Å². The van der Waals surface area contributed by atoms with E-state index in [0.717, 1.165) is 22.5 Å². The van der Waals surface area contributed by atoms with Crippen LogP contribution in [0.25, 0.3) is 5.78 Å². The molecule has 0 bridgehead atoms. The third-order valence-corrected chi connectivity index (χ3v) is 5.35. The fourth-order valence-corrected chi connectivity index (χ4v) is 3.66. The molecule has 3 heterocycles. The van der Waals surface area contributed by atoms with Crippen LogP contribution in [0.4, 0.5) is 0 Å². The molecule has 8 heteroatoms. The van der Waals surface area contributed by atoms with Gasteiger partial charge in [0.2, 0.25) is 11.1 Å². The molecule has 7 nitrogen and oxygen atoms in total. The van der Waals surface area contributed by atoms with Crippen molar-refractivity contribution < 1.29 is 9.21 Å². The second-order valence-electron chi connectivity index (χ2n) is 6.67. The number of thioether (sulfide) groups is 1. The minimum Gasteiger partial charge on any atom is -0.467 e. The third kappa shape index (κ3) is 3.88. The van der Waals surface area contributed by atoms with Crippen molar-refractivity contribution in [2.45, 2.75) is 31.5 Å². The number of benzene rings is 1. The van der Waals surface area contributed by atoms with Crippen LogP contribution >= 0.6 is 11.8 Å². The highest BCUT2D eigenvalue weighted by Gasteiger charge is 2.21. The number of furan rings is 1. The van der Waals surface area contributed by atoms with E-state index in [1.807, 2.05) is 62.6 Å². The molecule has 0 fully saturated rings. The Bertz CT molecular complexity index is 1140. The molecule has 1 amide bonds. The fraction of sp³-hybridized carbons (Fsp3) is 0.238. The molecule has 0 aliphatic carbocycles. The number of amides is 1. The predicted molar refractivity (Wildman–Crippen MR) is 111 cm³/mol. The molecule has 0 saturated carbocycles. The summed E-state index contributed by atoms with van der Waals surface area (Å²) in [6.45, 7) is 3.83. The van der Waals surface area contributed by atoms with Gasteiger partial charge >= 0.3 is 0 Å². The van der Waals surface area contributed by atoms with Crippen LogP contribution in [-0.4, -0.2) is 31.7 Å². The highest BCUT2D eigenvalue weighted by Crippen LogP contribution is 2.23. The number of fused-ring (bicyclic) bond motifs is 1. The van der Waals surface area contributed by atoms with E-state index in [1.54, 1.807) is 10.8 Å². The minimum absolute atomic E-state index is 0.118. The van der Waals surface area contributed by atoms with Gasteiger partial charge in [-0.1, -0.05) is 42.1 Å². The molecule has 1 atom stereocenters. The Balaban J connectivity index is 1.61. The number of hydrogen-bond donors (Lipinski definition) is 1. The number of carbonyl (C=O) groups excluding carboxylic acids is 1. The van der Waals surface area contributed by atoms with E-state index in [1.165, 1.54) is 11.8 Å². The first-order chi connectivity index (χ1) is 14.1. The van der Waals surface area contributed by atoms with Crippen LogP contribution in [0.2, 0.25) is 0 Å². The first-order valence-corrected chi connectivity index (χ1v) is 10.4. The zero-order valence-electron chi connectivity index (χ0n) is 16.4. The standard InChI is InChI=1S/C21H21N5O2S/c1-13-16(14(2)26-20(22-13)24-21(25-26)29-3)12-18(27)23-19(17-10-7-11-28-17)15-8-5-4-6-9-15/h4-11,19H,12H2,1-3H3,(H,23,27). The Morgan fingerprint density at radius 3 is 2.66 bits per heavy atom. The van der Waals surface area contributed by atoms with Gasteiger partial charge in [-0.3, -0.25) is 4.79 Å². The molecule has 1 unspecified atom stereocenters. The second kappa shape index (κ2) is 8.08. The summed E-state index contributed by atoms with van der Waals surface area (Å²) in [4.78, 5) is 21.9. The summed E-state index contributed by atoms with van der Waals surface area (Å²) in [5, 5.41) is 8.20. The second-order valence-corrected chi connectivity index (χ2v) is 7.45. The smallest absolute Gasteiger partial charge is 0.253 e. The molecule has 0 spiro atoms. The van der Waals surface area contributed by atoms with Crippen molar-refractivity contribution in [3.8, 4) is 0 Å². The zero-order valence-corrected chi connectivity index (χ0v) is 17.2. The lowest BCUT2D eigenvalue weighted by Gasteiger charge is -2.18. The van der Waals surface area contributed by atoms with E-state index >= 15 is 0 Å². The van der Waals surface area contributed by atoms with E-state index in [2.05, 4.69) is 20.4 Å². The van der Waals surface area contributed by atoms with Gasteiger partial charge in [0.15, 0.2) is 0 Å². The summed E-state index contributed by atoms with van der Waals surface area (Å²) >= 11 is 1.46. The van der Waals surface area contributed by atoms with E-state index in [0.29, 0.717) is 16.7 Å². The molecule has 0 aliphatic rings. The zero-order chi connectivity index (χ0) is 20.4. The molecular formula is C21H21N5O2S. The number of nitrogens with zero attached hydrogens (tertiary/aromatic N) is 4. The number of rotatable bonds is 6. The summed E-state index contributed by atoms with van der Waals surface area (Å²) in [7, 11) is 0. The molecule has 0 radical (unpaired) electrons. The molecule has 148 valence electrons. The topological polar surface area (TPSA) is 85.3 Å². The highest BCUT2D eigenvalue weighted by molar-refractivity contribution is 7.98. The fourth-order valence-electron chi connectivity index (χ4n) is 3.32. The van der Waals surface area contributed by atoms with Gasteiger partial charge in [0.25, 0.3) is 5.78 Å². The summed E-state index contributed by atoms with van der Waals surface area (Å²) in [6, 6.07) is 13.1. The molecule has 0 aliphatic heterocycles. The maximum Gasteiger partial charge on any atom is 0.253 e. The molecule has 0 saturated heterocycles. The van der Waals surface area contributed by atoms with E-state index in [4.69, 9.17) is 4.42 Å². The van der Waals surface area contributed by atoms with Crippen LogP contribution in [0.5, 0.6) is 0 Å². The van der Waals surface area contributed by atoms with Crippen molar-refractivity contribution in [1.29, 1.82) is 0 Å². The molecule has 3 aromatic heterocycles. The summed E-state index contributed by atoms with van der Waals surface area (Å²) in [5.74, 6) is 1.12. The van der Waals surface area contributed by atoms with Gasteiger partial charge in [-0.15, -0.1) is 5.10 Å². The summed E-state index contributed by atoms with van der Waals surface area (Å²) < 4.78 is 7.27. The van der Waals surface area contributed by atoms with Gasteiger partial charge in [-0.2, -0.15) is 4.98 Å². The Morgan fingerprint density at radius 1 is 1.17 bits per heavy atom. The largest absolute Gasteiger partial charge is 0.467 e. The molecule has 1 aromatic carbocycles. The average Bonchev–Trinajstić information content (AvgIpc) is 3.40. The Kier molecular flexibility index (Phi) is 5.35. The Morgan fingerprint density at radius 2 is 1.97 bits per heavy atom. The monoisotopic (exact) mass is 407 g/mol. The van der Waals surface area contributed by atoms with Crippen molar-refractivity contribution in [2.75, 3.05) is 6.26 Å². The van der Waals surface area contributed by atoms with Crippen molar-refractivity contribution in [1.82, 2.24) is 24.9 Å². The maximum absolute atomic E-state index is 13.0. The lowest BCUT2D eigenvalue weighted by molar-refractivity contribution is -0.121. The molecule has 29 heavy (non-hydrogen) atoms. The van der Waals surface area contributed by atoms with Crippen molar-refractivity contribution in [2.24, 2.45) is 0 Å². The summed E-state index contributed by atoms with van der Waals surface area (Å²) in [5.41, 5.74) is 3.45. The van der Waals surface area contributed by atoms with E-state index in [-0.39, 0.29) is 18.4 Å². The maximum atomic E-state index is 13.0. The minimum atomic E-state index is -0.356. The summed E-state index contributed by atoms with van der Waals surface area (Å²) in [6.07, 6.45) is 3.72. The number of nitrogens with one attached hydrogen (secondary N) is 1. The van der Waals surface area contributed by atoms with E-state index in [9.17, 15) is 4.79 Å². The van der Waals surface area contributed by atoms with Crippen molar-refractivity contribution in [3.05, 3.63) is 77.0 Å². The highest BCUT2D eigenvalue weighted by atomic mass is 32.2. The van der Waals surface area contributed by atoms with Gasteiger partial charge in [0.1, 0.15) is 11.8 Å². The molecular weight excluding hydrogens is 386 g/mol. The lowest BCUT2D eigenvalue weighted by atomic mass is 10.0. The number of aryl methyl sites for hydroxylation is 2. The van der Waals surface area contributed by atoms with Gasteiger partial charge in [-0.25, -0.2) is 9.50 Å². The van der Waals surface area contributed by atoms with E-state index < -0.39 is 0 Å². The van der Waals surface area contributed by atoms with Crippen LogP contribution in [-0.2, 0) is 11.2 Å². The van der Waals surface area contributed by atoms with Crippen LogP contribution in [0.15, 0.2) is 58.3 Å². The Hall–Kier alpha value is -3.13. The predicted octanol–water partition coefficient (Wildman–Crippen LogP) is 3.50. The van der Waals surface area contributed by atoms with Crippen molar-refractivity contribution in [3.63, 3.8) is 0 Å². The average molecular weight is 407 g/mol. The number of hydrogen-bond acceptors (Lipinski definition) is 6. The number of aromatic nitrogens is 4. The Labute approximate surface area is 172 Å². The SMILES string of the molecule is CSc1nc2nc(C)c(CC(=O)NC(c3ccccc3)c3ccco3)c(C)n2n1. The van der Waals surface area contributed by atoms with Crippen LogP contribution in [0.1, 0.15) is 34.3 Å². The molecule has 4 rings (SSSR count). The van der Waals surface area contributed by atoms with Crippen LogP contribution in [0.3, 0.4) is 0 Å². The quantitative estimate of drug-likeness (QED) is 0.493. The first-order valence-electron chi connectivity index (χ1n) is 9.21. The lowest BCUT2D eigenvalue weighted by Crippen LogP contribution is -2.31. The van der Waals surface area contributed by atoms with Gasteiger partial charge < -0.3 is 9.73 Å². The number of carbonyl (C=O) groups is 1. The van der Waals surface area contributed by atoms with Crippen LogP contribution in [0, 0.1) is 13.8 Å². The molecule has 1 N–H and O–H groups in total. The first kappa shape index (κ1) is 19.2. The van der Waals surface area contributed by atoms with Gasteiger partial charge in [0, 0.05) is 17.0 Å². The molecule has 4 aromatic rings. The van der Waals surface area contributed by atoms with Crippen molar-refractivity contribution >= 4 is 23.4 Å². The normalized spacial score (nSPS) is 12.2. The third-order valence-electron chi connectivity index (χ3n) is 4.82.